The number of rotatable bonds is 9. The maximum Gasteiger partial charge on any atom is 0.291 e. The van der Waals surface area contributed by atoms with Gasteiger partial charge in [0.15, 0.2) is 5.76 Å². The Labute approximate surface area is 186 Å². The number of hydrogen-bond acceptors (Lipinski definition) is 5. The summed E-state index contributed by atoms with van der Waals surface area (Å²) in [6, 6.07) is 16.9. The summed E-state index contributed by atoms with van der Waals surface area (Å²) >= 11 is 0. The molecule has 2 aromatic carbocycles. The van der Waals surface area contributed by atoms with Crippen LogP contribution >= 0.6 is 0 Å². The standard InChI is InChI=1S/C24H26N4O4/c1-28(2)14-13-25-22(29)18-7-5-17(6-8-18)16-26-23(30)19-9-11-20(12-10-19)27-24(31)21-4-3-15-32-21/h3-12,15H,13-14,16H2,1-2H3,(H,25,29)(H,26,30)(H,27,31). The minimum Gasteiger partial charge on any atom is -0.459 e. The van der Waals surface area contributed by atoms with E-state index in [4.69, 9.17) is 4.42 Å². The van der Waals surface area contributed by atoms with Crippen LogP contribution in [-0.2, 0) is 6.54 Å². The first kappa shape index (κ1) is 22.8. The van der Waals surface area contributed by atoms with Crippen molar-refractivity contribution < 1.29 is 18.8 Å². The summed E-state index contributed by atoms with van der Waals surface area (Å²) in [4.78, 5) is 38.5. The normalized spacial score (nSPS) is 10.6. The zero-order chi connectivity index (χ0) is 22.9. The van der Waals surface area contributed by atoms with Gasteiger partial charge in [-0.1, -0.05) is 12.1 Å². The van der Waals surface area contributed by atoms with Gasteiger partial charge < -0.3 is 25.3 Å². The third-order valence-corrected chi connectivity index (χ3v) is 4.66. The number of carbonyl (C=O) groups excluding carboxylic acids is 3. The Hall–Kier alpha value is -3.91. The summed E-state index contributed by atoms with van der Waals surface area (Å²) in [5.74, 6) is -0.507. The van der Waals surface area contributed by atoms with Crippen LogP contribution in [0.25, 0.3) is 0 Å². The highest BCUT2D eigenvalue weighted by atomic mass is 16.3. The van der Waals surface area contributed by atoms with Crippen LogP contribution in [0.15, 0.2) is 71.3 Å². The molecule has 3 N–H and O–H groups in total. The lowest BCUT2D eigenvalue weighted by molar-refractivity contribution is 0.0941. The van der Waals surface area contributed by atoms with Crippen molar-refractivity contribution in [3.05, 3.63) is 89.4 Å². The second-order valence-electron chi connectivity index (χ2n) is 7.45. The van der Waals surface area contributed by atoms with E-state index in [-0.39, 0.29) is 23.5 Å². The molecule has 0 aliphatic carbocycles. The Bertz CT molecular complexity index is 1040. The smallest absolute Gasteiger partial charge is 0.291 e. The van der Waals surface area contributed by atoms with Gasteiger partial charge in [0.1, 0.15) is 0 Å². The third-order valence-electron chi connectivity index (χ3n) is 4.66. The van der Waals surface area contributed by atoms with Crippen LogP contribution in [-0.4, -0.2) is 49.8 Å². The van der Waals surface area contributed by atoms with Crippen LogP contribution in [0.2, 0.25) is 0 Å². The van der Waals surface area contributed by atoms with E-state index in [0.29, 0.717) is 29.9 Å². The van der Waals surface area contributed by atoms with Gasteiger partial charge in [-0.05, 0) is 68.2 Å². The fourth-order valence-electron chi connectivity index (χ4n) is 2.86. The summed E-state index contributed by atoms with van der Waals surface area (Å²) in [6.07, 6.45) is 1.43. The fourth-order valence-corrected chi connectivity index (χ4v) is 2.86. The molecule has 3 rings (SSSR count). The number of benzene rings is 2. The van der Waals surface area contributed by atoms with Gasteiger partial charge >= 0.3 is 0 Å². The molecule has 0 fully saturated rings. The monoisotopic (exact) mass is 434 g/mol. The number of amides is 3. The van der Waals surface area contributed by atoms with Crippen molar-refractivity contribution in [3.63, 3.8) is 0 Å². The van der Waals surface area contributed by atoms with Gasteiger partial charge in [0.05, 0.1) is 6.26 Å². The zero-order valence-corrected chi connectivity index (χ0v) is 18.1. The molecule has 3 amide bonds. The molecule has 166 valence electrons. The first-order valence-electron chi connectivity index (χ1n) is 10.2. The van der Waals surface area contributed by atoms with E-state index in [1.54, 1.807) is 48.5 Å². The number of furan rings is 1. The van der Waals surface area contributed by atoms with Crippen LogP contribution in [0, 0.1) is 0 Å². The van der Waals surface area contributed by atoms with Crippen molar-refractivity contribution in [2.24, 2.45) is 0 Å². The minimum absolute atomic E-state index is 0.123. The van der Waals surface area contributed by atoms with Gasteiger partial charge in [0.25, 0.3) is 17.7 Å². The molecule has 0 spiro atoms. The number of likely N-dealkylation sites (N-methyl/N-ethyl adjacent to an activating group) is 1. The molecule has 1 heterocycles. The predicted octanol–water partition coefficient (Wildman–Crippen LogP) is 2.75. The third kappa shape index (κ3) is 6.55. The molecular formula is C24H26N4O4. The van der Waals surface area contributed by atoms with Gasteiger partial charge in [-0.3, -0.25) is 14.4 Å². The van der Waals surface area contributed by atoms with Gasteiger partial charge in [-0.2, -0.15) is 0 Å². The Morgan fingerprint density at radius 1 is 0.812 bits per heavy atom. The van der Waals surface area contributed by atoms with Gasteiger partial charge in [0, 0.05) is 36.4 Å². The van der Waals surface area contributed by atoms with Crippen molar-refractivity contribution >= 4 is 23.4 Å². The van der Waals surface area contributed by atoms with E-state index in [0.717, 1.165) is 12.1 Å². The molecule has 8 heteroatoms. The number of anilines is 1. The highest BCUT2D eigenvalue weighted by Gasteiger charge is 2.10. The molecule has 0 atom stereocenters. The average molecular weight is 434 g/mol. The largest absolute Gasteiger partial charge is 0.459 e. The first-order valence-corrected chi connectivity index (χ1v) is 10.2. The molecule has 0 aliphatic rings. The van der Waals surface area contributed by atoms with Crippen LogP contribution in [0.3, 0.4) is 0 Å². The van der Waals surface area contributed by atoms with Crippen LogP contribution in [0.4, 0.5) is 5.69 Å². The molecule has 1 aromatic heterocycles. The Morgan fingerprint density at radius 2 is 1.44 bits per heavy atom. The summed E-state index contributed by atoms with van der Waals surface area (Å²) in [5.41, 5.74) is 2.48. The molecule has 0 bridgehead atoms. The van der Waals surface area contributed by atoms with Crippen molar-refractivity contribution in [3.8, 4) is 0 Å². The van der Waals surface area contributed by atoms with Crippen LogP contribution in [0.5, 0.6) is 0 Å². The second kappa shape index (κ2) is 10.9. The Kier molecular flexibility index (Phi) is 7.77. The van der Waals surface area contributed by atoms with E-state index in [9.17, 15) is 14.4 Å². The van der Waals surface area contributed by atoms with Gasteiger partial charge in [0.2, 0.25) is 0 Å². The maximum absolute atomic E-state index is 12.4. The molecule has 0 radical (unpaired) electrons. The minimum atomic E-state index is -0.359. The van der Waals surface area contributed by atoms with Crippen LogP contribution < -0.4 is 16.0 Å². The topological polar surface area (TPSA) is 104 Å². The molecular weight excluding hydrogens is 408 g/mol. The zero-order valence-electron chi connectivity index (χ0n) is 18.1. The Morgan fingerprint density at radius 3 is 2.03 bits per heavy atom. The summed E-state index contributed by atoms with van der Waals surface area (Å²) in [5, 5.41) is 8.41. The van der Waals surface area contributed by atoms with Crippen LogP contribution in [0.1, 0.15) is 36.8 Å². The van der Waals surface area contributed by atoms with Crippen molar-refractivity contribution in [2.45, 2.75) is 6.54 Å². The molecule has 0 aliphatic heterocycles. The number of hydrogen-bond donors (Lipinski definition) is 3. The highest BCUT2D eigenvalue weighted by molar-refractivity contribution is 6.02. The number of nitrogens with one attached hydrogen (secondary N) is 3. The SMILES string of the molecule is CN(C)CCNC(=O)c1ccc(CNC(=O)c2ccc(NC(=O)c3ccco3)cc2)cc1. The summed E-state index contributed by atoms with van der Waals surface area (Å²) in [7, 11) is 3.90. The molecule has 0 unspecified atom stereocenters. The van der Waals surface area contributed by atoms with Crippen molar-refractivity contribution in [1.29, 1.82) is 0 Å². The number of carbonyl (C=O) groups is 3. The molecule has 32 heavy (non-hydrogen) atoms. The van der Waals surface area contributed by atoms with E-state index in [1.165, 1.54) is 6.26 Å². The lowest BCUT2D eigenvalue weighted by atomic mass is 10.1. The molecule has 0 saturated heterocycles. The average Bonchev–Trinajstić information content (AvgIpc) is 3.33. The van der Waals surface area contributed by atoms with Crippen molar-refractivity contribution in [2.75, 3.05) is 32.5 Å². The highest BCUT2D eigenvalue weighted by Crippen LogP contribution is 2.12. The molecule has 0 saturated carbocycles. The van der Waals surface area contributed by atoms with E-state index in [1.807, 2.05) is 31.1 Å². The van der Waals surface area contributed by atoms with Gasteiger partial charge in [-0.15, -0.1) is 0 Å². The first-order chi connectivity index (χ1) is 15.4. The van der Waals surface area contributed by atoms with Crippen molar-refractivity contribution in [1.82, 2.24) is 15.5 Å². The van der Waals surface area contributed by atoms with E-state index >= 15 is 0 Å². The lowest BCUT2D eigenvalue weighted by Crippen LogP contribution is -2.31. The lowest BCUT2D eigenvalue weighted by Gasteiger charge is -2.11. The van der Waals surface area contributed by atoms with E-state index in [2.05, 4.69) is 16.0 Å². The van der Waals surface area contributed by atoms with E-state index < -0.39 is 0 Å². The Balaban J connectivity index is 1.47. The maximum atomic E-state index is 12.4. The fraction of sp³-hybridized carbons (Fsp3) is 0.208. The second-order valence-corrected chi connectivity index (χ2v) is 7.45. The quantitative estimate of drug-likeness (QED) is 0.481. The molecule has 8 nitrogen and oxygen atoms in total. The number of nitrogens with zero attached hydrogens (tertiary/aromatic N) is 1. The summed E-state index contributed by atoms with van der Waals surface area (Å²) in [6.45, 7) is 1.68. The summed E-state index contributed by atoms with van der Waals surface area (Å²) < 4.78 is 5.05. The predicted molar refractivity (Wildman–Crippen MR) is 122 cm³/mol. The molecule has 3 aromatic rings. The van der Waals surface area contributed by atoms with Gasteiger partial charge in [-0.25, -0.2) is 0 Å².